The van der Waals surface area contributed by atoms with Crippen LogP contribution < -0.4 is 5.32 Å². The maximum atomic E-state index is 12.5. The highest BCUT2D eigenvalue weighted by Gasteiger charge is 2.35. The zero-order chi connectivity index (χ0) is 18.9. The minimum atomic E-state index is -4.68. The Bertz CT molecular complexity index is 949. The third kappa shape index (κ3) is 3.54. The first-order chi connectivity index (χ1) is 12.3. The second-order valence-electron chi connectivity index (χ2n) is 5.21. The van der Waals surface area contributed by atoms with E-state index >= 15 is 0 Å². The Kier molecular flexibility index (Phi) is 4.68. The fourth-order valence-electron chi connectivity index (χ4n) is 2.35. The third-order valence-electron chi connectivity index (χ3n) is 3.48. The zero-order valence-electron chi connectivity index (χ0n) is 13.3. The molecule has 2 N–H and O–H groups in total. The molecule has 0 fully saturated rings. The molecule has 0 radical (unpaired) electrons. The Morgan fingerprint density at radius 3 is 2.77 bits per heavy atom. The van der Waals surface area contributed by atoms with Gasteiger partial charge in [0, 0.05) is 5.02 Å². The maximum absolute atomic E-state index is 12.5. The molecule has 0 aliphatic carbocycles. The molecule has 26 heavy (non-hydrogen) atoms. The predicted octanol–water partition coefficient (Wildman–Crippen LogP) is 3.48. The predicted molar refractivity (Wildman–Crippen MR) is 87.3 cm³/mol. The molecular weight excluding hydrogens is 373 g/mol. The molecule has 0 aliphatic heterocycles. The van der Waals surface area contributed by atoms with Crippen LogP contribution in [-0.2, 0) is 12.6 Å². The van der Waals surface area contributed by atoms with E-state index < -0.39 is 23.9 Å². The van der Waals surface area contributed by atoms with E-state index in [-0.39, 0.29) is 5.56 Å². The Labute approximate surface area is 150 Å². The van der Waals surface area contributed by atoms with Gasteiger partial charge >= 0.3 is 6.18 Å². The third-order valence-corrected chi connectivity index (χ3v) is 3.72. The number of carbonyl (C=O) groups excluding carboxylic acids is 1. The van der Waals surface area contributed by atoms with Gasteiger partial charge in [-0.1, -0.05) is 24.6 Å². The van der Waals surface area contributed by atoms with Gasteiger partial charge < -0.3 is 0 Å². The number of amides is 1. The second-order valence-corrected chi connectivity index (χ2v) is 5.65. The first-order valence-electron chi connectivity index (χ1n) is 7.43. The number of hydrogen-bond acceptors (Lipinski definition) is 4. The number of benzene rings is 1. The molecule has 136 valence electrons. The number of carbonyl (C=O) groups is 1. The summed E-state index contributed by atoms with van der Waals surface area (Å²) in [4.78, 5) is 15.6. The molecule has 0 aliphatic rings. The van der Waals surface area contributed by atoms with Gasteiger partial charge in [0.1, 0.15) is 0 Å². The summed E-state index contributed by atoms with van der Waals surface area (Å²) in [5.74, 6) is -2.43. The summed E-state index contributed by atoms with van der Waals surface area (Å²) in [6.07, 6.45) is -2.90. The van der Waals surface area contributed by atoms with Crippen molar-refractivity contribution in [2.75, 3.05) is 5.32 Å². The average Bonchev–Trinajstić information content (AvgIpc) is 3.20. The van der Waals surface area contributed by atoms with Gasteiger partial charge in [-0.15, -0.1) is 5.10 Å². The summed E-state index contributed by atoms with van der Waals surface area (Å²) in [5.41, 5.74) is 1.42. The van der Waals surface area contributed by atoms with Gasteiger partial charge in [0.15, 0.2) is 0 Å². The molecular formula is C15H12ClF3N6O. The van der Waals surface area contributed by atoms with E-state index in [2.05, 4.69) is 20.5 Å². The molecule has 2 aromatic heterocycles. The Morgan fingerprint density at radius 2 is 2.15 bits per heavy atom. The molecule has 1 amide bonds. The molecule has 0 saturated carbocycles. The van der Waals surface area contributed by atoms with E-state index in [0.717, 1.165) is 0 Å². The van der Waals surface area contributed by atoms with Crippen molar-refractivity contribution in [2.45, 2.75) is 19.5 Å². The number of halogens is 4. The standard InChI is InChI=1S/C15H12ClF3N6O/c1-2-11-10(7-20-25(11)9-5-3-4-8(16)6-9)12(26)21-14-22-13(23-24-14)15(17,18)19/h3-7H,2H2,1H3,(H2,21,22,23,24,26). The van der Waals surface area contributed by atoms with E-state index in [1.807, 2.05) is 6.92 Å². The summed E-state index contributed by atoms with van der Waals surface area (Å²) in [5, 5.41) is 12.0. The van der Waals surface area contributed by atoms with Crippen molar-refractivity contribution in [3.8, 4) is 5.69 Å². The van der Waals surface area contributed by atoms with Crippen molar-refractivity contribution >= 4 is 23.5 Å². The highest BCUT2D eigenvalue weighted by molar-refractivity contribution is 6.30. The van der Waals surface area contributed by atoms with Gasteiger partial charge in [-0.05, 0) is 24.6 Å². The average molecular weight is 385 g/mol. The molecule has 0 bridgehead atoms. The molecule has 7 nitrogen and oxygen atoms in total. The summed E-state index contributed by atoms with van der Waals surface area (Å²) in [6.45, 7) is 1.82. The number of aromatic amines is 1. The van der Waals surface area contributed by atoms with Crippen molar-refractivity contribution in [1.29, 1.82) is 0 Å². The summed E-state index contributed by atoms with van der Waals surface area (Å²) < 4.78 is 39.1. The van der Waals surface area contributed by atoms with Crippen LogP contribution in [0.5, 0.6) is 0 Å². The van der Waals surface area contributed by atoms with E-state index in [4.69, 9.17) is 11.6 Å². The monoisotopic (exact) mass is 384 g/mol. The smallest absolute Gasteiger partial charge is 0.289 e. The van der Waals surface area contributed by atoms with Gasteiger partial charge in [0.2, 0.25) is 11.8 Å². The van der Waals surface area contributed by atoms with Crippen LogP contribution in [0.3, 0.4) is 0 Å². The van der Waals surface area contributed by atoms with Crippen LogP contribution in [0, 0.1) is 0 Å². The van der Waals surface area contributed by atoms with Crippen LogP contribution in [0.25, 0.3) is 5.69 Å². The fraction of sp³-hybridized carbons (Fsp3) is 0.200. The highest BCUT2D eigenvalue weighted by atomic mass is 35.5. The maximum Gasteiger partial charge on any atom is 0.451 e. The van der Waals surface area contributed by atoms with Gasteiger partial charge in [0.25, 0.3) is 5.91 Å². The molecule has 11 heteroatoms. The number of alkyl halides is 3. The van der Waals surface area contributed by atoms with Crippen molar-refractivity contribution < 1.29 is 18.0 Å². The SMILES string of the molecule is CCc1c(C(=O)Nc2n[nH]c(C(F)(F)F)n2)cnn1-c1cccc(Cl)c1. The summed E-state index contributed by atoms with van der Waals surface area (Å²) in [7, 11) is 0. The fourth-order valence-corrected chi connectivity index (χ4v) is 2.53. The number of nitrogens with zero attached hydrogens (tertiary/aromatic N) is 4. The molecule has 0 saturated heterocycles. The van der Waals surface area contributed by atoms with Crippen LogP contribution in [0.15, 0.2) is 30.5 Å². The largest absolute Gasteiger partial charge is 0.451 e. The van der Waals surface area contributed by atoms with Gasteiger partial charge in [0.05, 0.1) is 23.1 Å². The van der Waals surface area contributed by atoms with Crippen molar-refractivity contribution in [3.63, 3.8) is 0 Å². The van der Waals surface area contributed by atoms with Crippen LogP contribution in [0.2, 0.25) is 5.02 Å². The lowest BCUT2D eigenvalue weighted by molar-refractivity contribution is -0.144. The number of H-pyrrole nitrogens is 1. The van der Waals surface area contributed by atoms with Crippen LogP contribution >= 0.6 is 11.6 Å². The number of aromatic nitrogens is 5. The summed E-state index contributed by atoms with van der Waals surface area (Å²) >= 11 is 5.97. The number of anilines is 1. The van der Waals surface area contributed by atoms with Crippen molar-refractivity contribution in [1.82, 2.24) is 25.0 Å². The minimum Gasteiger partial charge on any atom is -0.289 e. The molecule has 2 heterocycles. The van der Waals surface area contributed by atoms with Gasteiger partial charge in [-0.3, -0.25) is 15.2 Å². The summed E-state index contributed by atoms with van der Waals surface area (Å²) in [6, 6.07) is 6.89. The second kappa shape index (κ2) is 6.79. The van der Waals surface area contributed by atoms with E-state index in [0.29, 0.717) is 22.8 Å². The molecule has 0 atom stereocenters. The van der Waals surface area contributed by atoms with Gasteiger partial charge in [-0.2, -0.15) is 23.3 Å². The molecule has 1 aromatic carbocycles. The minimum absolute atomic E-state index is 0.200. The van der Waals surface area contributed by atoms with Crippen molar-refractivity contribution in [2.24, 2.45) is 0 Å². The topological polar surface area (TPSA) is 88.5 Å². The molecule has 0 spiro atoms. The lowest BCUT2D eigenvalue weighted by Gasteiger charge is -2.08. The lowest BCUT2D eigenvalue weighted by atomic mass is 10.2. The molecule has 3 rings (SSSR count). The zero-order valence-corrected chi connectivity index (χ0v) is 14.1. The van der Waals surface area contributed by atoms with E-state index in [1.54, 1.807) is 34.0 Å². The number of nitrogens with one attached hydrogen (secondary N) is 2. The highest BCUT2D eigenvalue weighted by Crippen LogP contribution is 2.26. The quantitative estimate of drug-likeness (QED) is 0.720. The first kappa shape index (κ1) is 17.9. The van der Waals surface area contributed by atoms with Crippen LogP contribution in [0.1, 0.15) is 28.8 Å². The number of rotatable bonds is 4. The normalized spacial score (nSPS) is 11.6. The Hall–Kier alpha value is -2.88. The van der Waals surface area contributed by atoms with Crippen LogP contribution in [-0.4, -0.2) is 30.9 Å². The van der Waals surface area contributed by atoms with E-state index in [9.17, 15) is 18.0 Å². The molecule has 0 unspecified atom stereocenters. The Balaban J connectivity index is 1.87. The Morgan fingerprint density at radius 1 is 1.38 bits per heavy atom. The van der Waals surface area contributed by atoms with Crippen molar-refractivity contribution in [3.05, 3.63) is 52.6 Å². The van der Waals surface area contributed by atoms with E-state index in [1.165, 1.54) is 6.20 Å². The van der Waals surface area contributed by atoms with Crippen LogP contribution in [0.4, 0.5) is 19.1 Å². The van der Waals surface area contributed by atoms with Gasteiger partial charge in [-0.25, -0.2) is 4.68 Å². The first-order valence-corrected chi connectivity index (χ1v) is 7.81. The number of hydrogen-bond donors (Lipinski definition) is 2. The molecule has 3 aromatic rings. The lowest BCUT2D eigenvalue weighted by Crippen LogP contribution is -2.15.